The van der Waals surface area contributed by atoms with Gasteiger partial charge in [-0.05, 0) is 0 Å². The van der Waals surface area contributed by atoms with Gasteiger partial charge in [0.1, 0.15) is 17.2 Å². The Hall–Kier alpha value is -0.330. The van der Waals surface area contributed by atoms with E-state index in [-0.39, 0.29) is 0 Å². The molecule has 1 aliphatic rings. The molecule has 1 rings (SSSR count). The van der Waals surface area contributed by atoms with Gasteiger partial charge in [-0.2, -0.15) is 0 Å². The molecule has 6 heavy (non-hydrogen) atoms. The van der Waals surface area contributed by atoms with E-state index in [4.69, 9.17) is 0 Å². The Kier molecular flexibility index (Phi) is 0.906. The van der Waals surface area contributed by atoms with Crippen molar-refractivity contribution in [3.63, 3.8) is 0 Å². The number of nitrogens with zero attached hydrogens (tertiary/aromatic N) is 1. The second-order valence-corrected chi connectivity index (χ2v) is 1.73. The van der Waals surface area contributed by atoms with Gasteiger partial charge in [0.15, 0.2) is 5.70 Å². The molecule has 1 heterocycles. The van der Waals surface area contributed by atoms with E-state index in [0.717, 1.165) is 5.70 Å². The third-order valence-corrected chi connectivity index (χ3v) is 1.16. The van der Waals surface area contributed by atoms with Crippen LogP contribution in [-0.2, 0) is 0 Å². The second kappa shape index (κ2) is 1.41. The fraction of sp³-hybridized carbons (Fsp3) is 0.250. The van der Waals surface area contributed by atoms with Gasteiger partial charge >= 0.3 is 0 Å². The molecule has 0 saturated carbocycles. The molecule has 0 fully saturated rings. The molecule has 0 spiro atoms. The zero-order valence-electron chi connectivity index (χ0n) is 3.43. The SMILES string of the molecule is CC1=CS[C+]=N1. The minimum atomic E-state index is 1.06. The first-order chi connectivity index (χ1) is 2.89. The molecule has 0 N–H and O–H groups in total. The van der Waals surface area contributed by atoms with Crippen LogP contribution in [0.3, 0.4) is 0 Å². The summed E-state index contributed by atoms with van der Waals surface area (Å²) in [4.78, 5) is 3.81. The lowest BCUT2D eigenvalue weighted by Gasteiger charge is -1.55. The minimum absolute atomic E-state index is 1.06. The van der Waals surface area contributed by atoms with Gasteiger partial charge in [-0.3, -0.25) is 0 Å². The normalized spacial score (nSPS) is 17.2. The number of allylic oxidation sites excluding steroid dienone is 1. The topological polar surface area (TPSA) is 12.4 Å². The van der Waals surface area contributed by atoms with Crippen LogP contribution >= 0.6 is 11.8 Å². The van der Waals surface area contributed by atoms with Crippen LogP contribution in [0.15, 0.2) is 16.1 Å². The van der Waals surface area contributed by atoms with Gasteiger partial charge in [0.2, 0.25) is 0 Å². The summed E-state index contributed by atoms with van der Waals surface area (Å²) >= 11 is 1.50. The van der Waals surface area contributed by atoms with Crippen molar-refractivity contribution in [1.82, 2.24) is 0 Å². The van der Waals surface area contributed by atoms with Crippen LogP contribution in [0.25, 0.3) is 0 Å². The van der Waals surface area contributed by atoms with E-state index >= 15 is 0 Å². The lowest BCUT2D eigenvalue weighted by molar-refractivity contribution is 1.35. The molecule has 30 valence electrons. The Morgan fingerprint density at radius 3 is 3.00 bits per heavy atom. The number of thioether (sulfide) groups is 1. The summed E-state index contributed by atoms with van der Waals surface area (Å²) in [5, 5.41) is 1.96. The maximum atomic E-state index is 3.81. The highest BCUT2D eigenvalue weighted by atomic mass is 32.2. The van der Waals surface area contributed by atoms with Gasteiger partial charge < -0.3 is 0 Å². The van der Waals surface area contributed by atoms with Gasteiger partial charge in [0.25, 0.3) is 5.55 Å². The summed E-state index contributed by atoms with van der Waals surface area (Å²) in [6, 6.07) is 0. The minimum Gasteiger partial charge on any atom is 0.000198 e. The lowest BCUT2D eigenvalue weighted by Crippen LogP contribution is -1.52. The molecule has 0 aromatic carbocycles. The molecule has 0 radical (unpaired) electrons. The van der Waals surface area contributed by atoms with Crippen molar-refractivity contribution >= 4 is 17.3 Å². The van der Waals surface area contributed by atoms with Crippen molar-refractivity contribution in [2.75, 3.05) is 0 Å². The predicted octanol–water partition coefficient (Wildman–Crippen LogP) is 1.50. The number of hydrogen-bond acceptors (Lipinski definition) is 2. The number of aliphatic imine (C=N–C) groups is 1. The van der Waals surface area contributed by atoms with E-state index in [9.17, 15) is 0 Å². The van der Waals surface area contributed by atoms with Crippen molar-refractivity contribution in [2.45, 2.75) is 6.92 Å². The van der Waals surface area contributed by atoms with E-state index in [1.807, 2.05) is 12.3 Å². The van der Waals surface area contributed by atoms with Gasteiger partial charge in [-0.1, -0.05) is 0 Å². The summed E-state index contributed by atoms with van der Waals surface area (Å²) in [5.74, 6) is 0. The molecular formula is C4H4NS+. The van der Waals surface area contributed by atoms with Gasteiger partial charge in [0.05, 0.1) is 0 Å². The van der Waals surface area contributed by atoms with Crippen LogP contribution in [0.5, 0.6) is 0 Å². The van der Waals surface area contributed by atoms with Crippen LogP contribution in [0.4, 0.5) is 0 Å². The quantitative estimate of drug-likeness (QED) is 0.418. The molecule has 0 aromatic rings. The van der Waals surface area contributed by atoms with Crippen molar-refractivity contribution in [2.24, 2.45) is 4.99 Å². The summed E-state index contributed by atoms with van der Waals surface area (Å²) in [7, 11) is 0. The Morgan fingerprint density at radius 1 is 2.00 bits per heavy atom. The highest BCUT2D eigenvalue weighted by Gasteiger charge is 2.03. The van der Waals surface area contributed by atoms with Crippen LogP contribution in [0, 0.1) is 0 Å². The molecule has 1 nitrogen and oxygen atoms in total. The predicted molar refractivity (Wildman–Crippen MR) is 28.8 cm³/mol. The fourth-order valence-corrected chi connectivity index (χ4v) is 0.709. The van der Waals surface area contributed by atoms with Gasteiger partial charge in [-0.25, -0.2) is 0 Å². The third-order valence-electron chi connectivity index (χ3n) is 0.504. The Balaban J connectivity index is 2.68. The summed E-state index contributed by atoms with van der Waals surface area (Å²) < 4.78 is 0. The first-order valence-electron chi connectivity index (χ1n) is 1.68. The maximum Gasteiger partial charge on any atom is 0.271 e. The molecule has 0 aromatic heterocycles. The lowest BCUT2D eigenvalue weighted by atomic mass is 10.6. The zero-order chi connectivity index (χ0) is 4.41. The third kappa shape index (κ3) is 0.588. The molecular weight excluding hydrogens is 94.1 g/mol. The van der Waals surface area contributed by atoms with E-state index in [1.54, 1.807) is 0 Å². The van der Waals surface area contributed by atoms with E-state index in [1.165, 1.54) is 11.8 Å². The highest BCUT2D eigenvalue weighted by Crippen LogP contribution is 2.11. The zero-order valence-corrected chi connectivity index (χ0v) is 4.25. The van der Waals surface area contributed by atoms with Crippen molar-refractivity contribution in [3.05, 3.63) is 11.1 Å². The molecule has 2 heteroatoms. The van der Waals surface area contributed by atoms with E-state index in [2.05, 4.69) is 10.5 Å². The smallest absolute Gasteiger partial charge is 0.000198 e. The average molecular weight is 98.2 g/mol. The molecule has 0 bridgehead atoms. The summed E-state index contributed by atoms with van der Waals surface area (Å²) in [6.45, 7) is 1.95. The van der Waals surface area contributed by atoms with Crippen LogP contribution in [-0.4, -0.2) is 5.55 Å². The number of hydrogen-bond donors (Lipinski definition) is 0. The van der Waals surface area contributed by atoms with Gasteiger partial charge in [0, 0.05) is 11.9 Å². The van der Waals surface area contributed by atoms with E-state index < -0.39 is 0 Å². The number of rotatable bonds is 0. The van der Waals surface area contributed by atoms with Crippen LogP contribution < -0.4 is 0 Å². The Bertz CT molecular complexity index is 101. The van der Waals surface area contributed by atoms with Crippen LogP contribution in [0.2, 0.25) is 0 Å². The second-order valence-electron chi connectivity index (χ2n) is 1.08. The highest BCUT2D eigenvalue weighted by molar-refractivity contribution is 8.14. The van der Waals surface area contributed by atoms with Crippen LogP contribution in [0.1, 0.15) is 6.92 Å². The summed E-state index contributed by atoms with van der Waals surface area (Å²) in [5.41, 5.74) is 3.78. The molecule has 1 aliphatic heterocycles. The molecule has 0 aliphatic carbocycles. The fourth-order valence-electron chi connectivity index (χ4n) is 0.236. The largest absolute Gasteiger partial charge is 0.271 e. The monoisotopic (exact) mass is 98.0 g/mol. The standard InChI is InChI=1S/C4H4NS/c1-4-2-6-3-5-4/h2H,1H3/q+1. The van der Waals surface area contributed by atoms with Crippen molar-refractivity contribution in [3.8, 4) is 0 Å². The van der Waals surface area contributed by atoms with E-state index in [0.29, 0.717) is 0 Å². The molecule has 0 atom stereocenters. The van der Waals surface area contributed by atoms with Crippen molar-refractivity contribution in [1.29, 1.82) is 0 Å². The maximum absolute atomic E-state index is 3.81. The summed E-state index contributed by atoms with van der Waals surface area (Å²) in [6.07, 6.45) is 0. The molecule has 0 saturated heterocycles. The Morgan fingerprint density at radius 2 is 2.83 bits per heavy atom. The van der Waals surface area contributed by atoms with Gasteiger partial charge in [-0.15, -0.1) is 0 Å². The first-order valence-corrected chi connectivity index (χ1v) is 2.56. The average Bonchev–Trinajstić information content (AvgIpc) is 1.86. The van der Waals surface area contributed by atoms with Crippen molar-refractivity contribution < 1.29 is 0 Å². The first kappa shape index (κ1) is 3.85. The molecule has 0 unspecified atom stereocenters. The Labute approximate surface area is 41.2 Å². The molecule has 0 amide bonds.